The van der Waals surface area contributed by atoms with Gasteiger partial charge in [0.25, 0.3) is 0 Å². The zero-order valence-electron chi connectivity index (χ0n) is 12.3. The van der Waals surface area contributed by atoms with Gasteiger partial charge in [-0.05, 0) is 49.4 Å². The second-order valence-corrected chi connectivity index (χ2v) is 5.54. The summed E-state index contributed by atoms with van der Waals surface area (Å²) >= 11 is 0. The molecule has 0 atom stereocenters. The van der Waals surface area contributed by atoms with Crippen LogP contribution in [0, 0.1) is 0 Å². The number of benzene rings is 2. The first-order valence-electron chi connectivity index (χ1n) is 7.65. The van der Waals surface area contributed by atoms with Crippen LogP contribution in [-0.2, 0) is 0 Å². The van der Waals surface area contributed by atoms with Crippen LogP contribution < -0.4 is 4.74 Å². The smallest absolute Gasteiger partial charge is 0.193 e. The van der Waals surface area contributed by atoms with Crippen molar-refractivity contribution in [1.82, 2.24) is 0 Å². The Hall–Kier alpha value is -2.09. The molecule has 1 aliphatic rings. The minimum Gasteiger partial charge on any atom is -0.494 e. The molecule has 0 N–H and O–H groups in total. The van der Waals surface area contributed by atoms with E-state index in [-0.39, 0.29) is 5.78 Å². The third kappa shape index (κ3) is 2.99. The van der Waals surface area contributed by atoms with Crippen molar-refractivity contribution in [3.8, 4) is 5.75 Å². The first-order valence-corrected chi connectivity index (χ1v) is 7.65. The van der Waals surface area contributed by atoms with Crippen molar-refractivity contribution in [2.75, 3.05) is 6.61 Å². The van der Waals surface area contributed by atoms with Crippen LogP contribution in [0.15, 0.2) is 48.5 Å². The molecule has 0 bridgehead atoms. The summed E-state index contributed by atoms with van der Waals surface area (Å²) in [4.78, 5) is 12.6. The molecule has 108 valence electrons. The Morgan fingerprint density at radius 1 is 1.10 bits per heavy atom. The number of carbonyl (C=O) groups is 1. The summed E-state index contributed by atoms with van der Waals surface area (Å²) in [5.41, 5.74) is 2.76. The molecule has 21 heavy (non-hydrogen) atoms. The van der Waals surface area contributed by atoms with Crippen LogP contribution in [0.3, 0.4) is 0 Å². The first kappa shape index (κ1) is 13.9. The van der Waals surface area contributed by atoms with E-state index in [1.807, 2.05) is 43.3 Å². The van der Waals surface area contributed by atoms with Crippen LogP contribution in [-0.4, -0.2) is 12.4 Å². The highest BCUT2D eigenvalue weighted by Gasteiger charge is 2.20. The Bertz CT molecular complexity index is 642. The van der Waals surface area contributed by atoms with Crippen LogP contribution in [0.25, 0.3) is 0 Å². The Morgan fingerprint density at radius 3 is 2.48 bits per heavy atom. The van der Waals surface area contributed by atoms with Gasteiger partial charge < -0.3 is 4.74 Å². The van der Waals surface area contributed by atoms with Crippen molar-refractivity contribution in [1.29, 1.82) is 0 Å². The quantitative estimate of drug-likeness (QED) is 0.749. The van der Waals surface area contributed by atoms with Gasteiger partial charge in [-0.2, -0.15) is 0 Å². The number of ketones is 1. The van der Waals surface area contributed by atoms with Crippen LogP contribution >= 0.6 is 0 Å². The Balaban J connectivity index is 1.85. The van der Waals surface area contributed by atoms with E-state index in [2.05, 4.69) is 12.1 Å². The molecule has 0 amide bonds. The lowest BCUT2D eigenvalue weighted by Crippen LogP contribution is -2.10. The lowest BCUT2D eigenvalue weighted by molar-refractivity contribution is 0.103. The number of rotatable bonds is 5. The Labute approximate surface area is 125 Å². The summed E-state index contributed by atoms with van der Waals surface area (Å²) in [5.74, 6) is 1.46. The second kappa shape index (κ2) is 6.13. The molecule has 1 aliphatic carbocycles. The molecule has 2 nitrogen and oxygen atoms in total. The Kier molecular flexibility index (Phi) is 4.05. The normalized spacial score (nSPS) is 14.5. The maximum absolute atomic E-state index is 12.6. The highest BCUT2D eigenvalue weighted by molar-refractivity contribution is 6.09. The fraction of sp³-hybridized carbons (Fsp3) is 0.316. The fourth-order valence-corrected chi connectivity index (χ4v) is 2.74. The Morgan fingerprint density at radius 2 is 1.81 bits per heavy atom. The zero-order valence-corrected chi connectivity index (χ0v) is 12.3. The maximum Gasteiger partial charge on any atom is 0.193 e. The molecular formula is C19H20O2. The second-order valence-electron chi connectivity index (χ2n) is 5.54. The van der Waals surface area contributed by atoms with Gasteiger partial charge in [-0.1, -0.05) is 36.8 Å². The predicted octanol–water partition coefficient (Wildman–Crippen LogP) is 4.58. The third-order valence-electron chi connectivity index (χ3n) is 4.13. The molecule has 1 saturated carbocycles. The van der Waals surface area contributed by atoms with E-state index in [4.69, 9.17) is 4.74 Å². The average Bonchev–Trinajstić information content (AvgIpc) is 2.46. The van der Waals surface area contributed by atoms with E-state index in [1.54, 1.807) is 0 Å². The van der Waals surface area contributed by atoms with Gasteiger partial charge in [0.15, 0.2) is 5.78 Å². The molecule has 0 aromatic heterocycles. The lowest BCUT2D eigenvalue weighted by Gasteiger charge is -2.26. The molecule has 2 heteroatoms. The molecule has 1 fully saturated rings. The molecule has 0 spiro atoms. The molecule has 0 radical (unpaired) electrons. The van der Waals surface area contributed by atoms with E-state index in [0.29, 0.717) is 18.1 Å². The maximum atomic E-state index is 12.6. The van der Waals surface area contributed by atoms with Crippen LogP contribution in [0.5, 0.6) is 5.75 Å². The minimum atomic E-state index is 0.0673. The average molecular weight is 280 g/mol. The zero-order chi connectivity index (χ0) is 14.7. The molecule has 3 rings (SSSR count). The number of hydrogen-bond acceptors (Lipinski definition) is 2. The molecule has 0 aliphatic heterocycles. The molecule has 0 heterocycles. The van der Waals surface area contributed by atoms with Crippen molar-refractivity contribution in [2.45, 2.75) is 32.1 Å². The summed E-state index contributed by atoms with van der Waals surface area (Å²) in [6, 6.07) is 15.5. The number of carbonyl (C=O) groups excluding carboxylic acids is 1. The van der Waals surface area contributed by atoms with E-state index >= 15 is 0 Å². The van der Waals surface area contributed by atoms with Gasteiger partial charge in [-0.15, -0.1) is 0 Å². The number of hydrogen-bond donors (Lipinski definition) is 0. The van der Waals surface area contributed by atoms with Gasteiger partial charge in [0.05, 0.1) is 6.61 Å². The highest BCUT2D eigenvalue weighted by atomic mass is 16.5. The van der Waals surface area contributed by atoms with Crippen LogP contribution in [0.2, 0.25) is 0 Å². The van der Waals surface area contributed by atoms with E-state index in [1.165, 1.54) is 24.8 Å². The van der Waals surface area contributed by atoms with E-state index in [0.717, 1.165) is 11.3 Å². The minimum absolute atomic E-state index is 0.0673. The van der Waals surface area contributed by atoms with Crippen molar-refractivity contribution < 1.29 is 9.53 Å². The van der Waals surface area contributed by atoms with Gasteiger partial charge in [-0.3, -0.25) is 4.79 Å². The van der Waals surface area contributed by atoms with Gasteiger partial charge in [0.1, 0.15) is 5.75 Å². The number of ether oxygens (including phenoxy) is 1. The van der Waals surface area contributed by atoms with Gasteiger partial charge >= 0.3 is 0 Å². The topological polar surface area (TPSA) is 26.3 Å². The van der Waals surface area contributed by atoms with Gasteiger partial charge in [0.2, 0.25) is 0 Å². The van der Waals surface area contributed by atoms with Crippen LogP contribution in [0.4, 0.5) is 0 Å². The molecule has 0 saturated heterocycles. The van der Waals surface area contributed by atoms with E-state index in [9.17, 15) is 4.79 Å². The highest BCUT2D eigenvalue weighted by Crippen LogP contribution is 2.36. The summed E-state index contributed by atoms with van der Waals surface area (Å²) in [7, 11) is 0. The third-order valence-corrected chi connectivity index (χ3v) is 4.13. The van der Waals surface area contributed by atoms with Crippen molar-refractivity contribution in [2.24, 2.45) is 0 Å². The summed E-state index contributed by atoms with van der Waals surface area (Å²) in [6.45, 7) is 2.55. The SMILES string of the molecule is CCOc1cccc(C(=O)c2cccc(C3CCC3)c2)c1. The van der Waals surface area contributed by atoms with Crippen molar-refractivity contribution >= 4 is 5.78 Å². The standard InChI is InChI=1S/C19H20O2/c1-2-21-18-11-5-10-17(13-18)19(20)16-9-4-8-15(12-16)14-6-3-7-14/h4-5,8-14H,2-3,6-7H2,1H3. The molecule has 2 aromatic rings. The molecular weight excluding hydrogens is 260 g/mol. The summed E-state index contributed by atoms with van der Waals surface area (Å²) in [5, 5.41) is 0. The summed E-state index contributed by atoms with van der Waals surface area (Å²) in [6.07, 6.45) is 3.80. The van der Waals surface area contributed by atoms with E-state index < -0.39 is 0 Å². The lowest BCUT2D eigenvalue weighted by atomic mass is 9.79. The predicted molar refractivity (Wildman–Crippen MR) is 84.1 cm³/mol. The largest absolute Gasteiger partial charge is 0.494 e. The fourth-order valence-electron chi connectivity index (χ4n) is 2.74. The first-order chi connectivity index (χ1) is 10.3. The van der Waals surface area contributed by atoms with Gasteiger partial charge in [0, 0.05) is 11.1 Å². The van der Waals surface area contributed by atoms with Crippen LogP contribution in [0.1, 0.15) is 53.6 Å². The van der Waals surface area contributed by atoms with Gasteiger partial charge in [-0.25, -0.2) is 0 Å². The van der Waals surface area contributed by atoms with Crippen molar-refractivity contribution in [3.05, 3.63) is 65.2 Å². The van der Waals surface area contributed by atoms with Crippen molar-refractivity contribution in [3.63, 3.8) is 0 Å². The summed E-state index contributed by atoms with van der Waals surface area (Å²) < 4.78 is 5.47. The monoisotopic (exact) mass is 280 g/mol. The molecule has 2 aromatic carbocycles. The molecule has 0 unspecified atom stereocenters.